The molecule has 1 aliphatic heterocycles. The Morgan fingerprint density at radius 1 is 1.28 bits per heavy atom. The zero-order chi connectivity index (χ0) is 17.6. The number of carbonyl (C=O) groups is 2. The van der Waals surface area contributed by atoms with E-state index in [4.69, 9.17) is 0 Å². The van der Waals surface area contributed by atoms with E-state index in [9.17, 15) is 9.59 Å². The van der Waals surface area contributed by atoms with Gasteiger partial charge in [0.05, 0.1) is 6.54 Å². The van der Waals surface area contributed by atoms with E-state index >= 15 is 0 Å². The predicted octanol–water partition coefficient (Wildman–Crippen LogP) is 0.834. The van der Waals surface area contributed by atoms with Crippen LogP contribution in [0.15, 0.2) is 30.3 Å². The van der Waals surface area contributed by atoms with Gasteiger partial charge in [-0.05, 0) is 12.5 Å². The summed E-state index contributed by atoms with van der Waals surface area (Å²) in [5, 5.41) is 12.9. The van der Waals surface area contributed by atoms with E-state index < -0.39 is 0 Å². The van der Waals surface area contributed by atoms with E-state index in [1.165, 1.54) is 0 Å². The van der Waals surface area contributed by atoms with Crippen LogP contribution in [0.3, 0.4) is 0 Å². The minimum absolute atomic E-state index is 0.0332. The summed E-state index contributed by atoms with van der Waals surface area (Å²) in [6.45, 7) is 4.52. The molecule has 1 aliphatic rings. The Morgan fingerprint density at radius 2 is 2.08 bits per heavy atom. The van der Waals surface area contributed by atoms with Crippen molar-refractivity contribution in [1.29, 1.82) is 0 Å². The van der Waals surface area contributed by atoms with Crippen molar-refractivity contribution in [1.82, 2.24) is 25.7 Å². The fraction of sp³-hybridized carbons (Fsp3) is 0.389. The number of amides is 2. The van der Waals surface area contributed by atoms with Crippen LogP contribution in [0, 0.1) is 0 Å². The summed E-state index contributed by atoms with van der Waals surface area (Å²) >= 11 is 0. The van der Waals surface area contributed by atoms with Crippen LogP contribution in [-0.4, -0.2) is 46.5 Å². The number of fused-ring (bicyclic) bond motifs is 1. The molecule has 7 heteroatoms. The van der Waals surface area contributed by atoms with Gasteiger partial charge in [0.15, 0.2) is 5.69 Å². The van der Waals surface area contributed by atoms with Gasteiger partial charge in [0.1, 0.15) is 0 Å². The number of H-pyrrole nitrogens is 1. The van der Waals surface area contributed by atoms with Crippen molar-refractivity contribution >= 4 is 11.8 Å². The van der Waals surface area contributed by atoms with E-state index in [0.717, 1.165) is 29.8 Å². The Bertz CT molecular complexity index is 741. The Morgan fingerprint density at radius 3 is 2.84 bits per heavy atom. The molecule has 0 aliphatic carbocycles. The second-order valence-corrected chi connectivity index (χ2v) is 6.03. The summed E-state index contributed by atoms with van der Waals surface area (Å²) in [6, 6.07) is 9.81. The molecule has 3 N–H and O–H groups in total. The van der Waals surface area contributed by atoms with Gasteiger partial charge in [-0.15, -0.1) is 0 Å². The monoisotopic (exact) mass is 341 g/mol. The van der Waals surface area contributed by atoms with Gasteiger partial charge in [0.25, 0.3) is 5.91 Å². The molecule has 0 atom stereocenters. The van der Waals surface area contributed by atoms with Gasteiger partial charge in [-0.2, -0.15) is 5.10 Å². The van der Waals surface area contributed by atoms with Crippen LogP contribution in [0.25, 0.3) is 0 Å². The van der Waals surface area contributed by atoms with Gasteiger partial charge in [0, 0.05) is 43.9 Å². The van der Waals surface area contributed by atoms with Gasteiger partial charge in [-0.25, -0.2) is 0 Å². The number of nitrogens with one attached hydrogen (secondary N) is 3. The lowest BCUT2D eigenvalue weighted by Crippen LogP contribution is -2.40. The number of rotatable bonds is 6. The molecule has 7 nitrogen and oxygen atoms in total. The molecule has 0 radical (unpaired) electrons. The molecule has 1 aromatic heterocycles. The molecular weight excluding hydrogens is 318 g/mol. The van der Waals surface area contributed by atoms with E-state index in [1.807, 2.05) is 37.3 Å². The van der Waals surface area contributed by atoms with Crippen LogP contribution < -0.4 is 10.6 Å². The Balaban J connectivity index is 1.57. The number of aromatic nitrogens is 2. The second-order valence-electron chi connectivity index (χ2n) is 6.03. The van der Waals surface area contributed by atoms with E-state index in [2.05, 4.69) is 20.8 Å². The molecule has 0 bridgehead atoms. The zero-order valence-corrected chi connectivity index (χ0v) is 14.3. The highest BCUT2D eigenvalue weighted by molar-refractivity contribution is 5.96. The third-order valence-electron chi connectivity index (χ3n) is 4.37. The number of hydrogen-bond donors (Lipinski definition) is 3. The standard InChI is InChI=1S/C18H23N5O2/c1-2-23(12-13-6-4-3-5-7-13)16(24)11-20-18(25)17-14-10-19-9-8-15(14)21-22-17/h3-7,19H,2,8-12H2,1H3,(H,20,25)(H,21,22). The van der Waals surface area contributed by atoms with Crippen LogP contribution in [-0.2, 0) is 24.3 Å². The van der Waals surface area contributed by atoms with Crippen LogP contribution >= 0.6 is 0 Å². The number of hydrogen-bond acceptors (Lipinski definition) is 4. The maximum Gasteiger partial charge on any atom is 0.272 e. The fourth-order valence-electron chi connectivity index (χ4n) is 2.94. The van der Waals surface area contributed by atoms with Crippen molar-refractivity contribution in [2.45, 2.75) is 26.4 Å². The number of likely N-dealkylation sites (N-methyl/N-ethyl adjacent to an activating group) is 1. The summed E-state index contributed by atoms with van der Waals surface area (Å²) in [6.07, 6.45) is 0.829. The molecule has 2 amide bonds. The highest BCUT2D eigenvalue weighted by atomic mass is 16.2. The maximum atomic E-state index is 12.4. The summed E-state index contributed by atoms with van der Waals surface area (Å²) in [7, 11) is 0. The Hall–Kier alpha value is -2.67. The normalized spacial score (nSPS) is 13.2. The molecule has 0 fully saturated rings. The topological polar surface area (TPSA) is 90.1 Å². The minimum atomic E-state index is -0.315. The van der Waals surface area contributed by atoms with Crippen molar-refractivity contribution in [2.75, 3.05) is 19.6 Å². The first-order valence-corrected chi connectivity index (χ1v) is 8.55. The lowest BCUT2D eigenvalue weighted by molar-refractivity contribution is -0.130. The van der Waals surface area contributed by atoms with Crippen LogP contribution in [0.5, 0.6) is 0 Å². The summed E-state index contributed by atoms with van der Waals surface area (Å²) < 4.78 is 0. The first-order valence-electron chi connectivity index (χ1n) is 8.55. The first-order chi connectivity index (χ1) is 12.2. The van der Waals surface area contributed by atoms with Gasteiger partial charge in [-0.1, -0.05) is 30.3 Å². The molecule has 0 saturated carbocycles. The molecule has 0 saturated heterocycles. The lowest BCUT2D eigenvalue weighted by atomic mass is 10.1. The van der Waals surface area contributed by atoms with Gasteiger partial charge in [0.2, 0.25) is 5.91 Å². The number of carbonyl (C=O) groups excluding carboxylic acids is 2. The van der Waals surface area contributed by atoms with Gasteiger partial charge < -0.3 is 15.5 Å². The molecular formula is C18H23N5O2. The molecule has 132 valence electrons. The van der Waals surface area contributed by atoms with E-state index in [-0.39, 0.29) is 18.4 Å². The average Bonchev–Trinajstić information content (AvgIpc) is 3.09. The van der Waals surface area contributed by atoms with Gasteiger partial charge >= 0.3 is 0 Å². The maximum absolute atomic E-state index is 12.4. The highest BCUT2D eigenvalue weighted by Gasteiger charge is 2.22. The minimum Gasteiger partial charge on any atom is -0.342 e. The molecule has 2 heterocycles. The smallest absolute Gasteiger partial charge is 0.272 e. The molecule has 0 unspecified atom stereocenters. The highest BCUT2D eigenvalue weighted by Crippen LogP contribution is 2.15. The number of aromatic amines is 1. The van der Waals surface area contributed by atoms with Crippen molar-refractivity contribution < 1.29 is 9.59 Å². The summed E-state index contributed by atoms with van der Waals surface area (Å²) in [5.74, 6) is -0.424. The van der Waals surface area contributed by atoms with E-state index in [1.54, 1.807) is 4.90 Å². The largest absolute Gasteiger partial charge is 0.342 e. The quantitative estimate of drug-likeness (QED) is 0.726. The van der Waals surface area contributed by atoms with Crippen LogP contribution in [0.2, 0.25) is 0 Å². The summed E-state index contributed by atoms with van der Waals surface area (Å²) in [5.41, 5.74) is 3.33. The third-order valence-corrected chi connectivity index (χ3v) is 4.37. The molecule has 2 aromatic rings. The number of benzene rings is 1. The SMILES string of the molecule is CCN(Cc1ccccc1)C(=O)CNC(=O)c1n[nH]c2c1CNCC2. The number of nitrogens with zero attached hydrogens (tertiary/aromatic N) is 2. The molecule has 1 aromatic carbocycles. The van der Waals surface area contributed by atoms with Crippen molar-refractivity contribution in [3.63, 3.8) is 0 Å². The van der Waals surface area contributed by atoms with E-state index in [0.29, 0.717) is 25.3 Å². The van der Waals surface area contributed by atoms with Crippen LogP contribution in [0.4, 0.5) is 0 Å². The zero-order valence-electron chi connectivity index (χ0n) is 14.3. The van der Waals surface area contributed by atoms with Crippen molar-refractivity contribution in [2.24, 2.45) is 0 Å². The summed E-state index contributed by atoms with van der Waals surface area (Å²) in [4.78, 5) is 26.5. The first kappa shape index (κ1) is 17.2. The predicted molar refractivity (Wildman–Crippen MR) is 93.9 cm³/mol. The van der Waals surface area contributed by atoms with Crippen LogP contribution in [0.1, 0.15) is 34.2 Å². The van der Waals surface area contributed by atoms with Gasteiger partial charge in [-0.3, -0.25) is 14.7 Å². The molecule has 3 rings (SSSR count). The Labute approximate surface area is 146 Å². The lowest BCUT2D eigenvalue weighted by Gasteiger charge is -2.21. The molecule has 0 spiro atoms. The second kappa shape index (κ2) is 7.94. The Kier molecular flexibility index (Phi) is 5.45. The average molecular weight is 341 g/mol. The van der Waals surface area contributed by atoms with Crippen molar-refractivity contribution in [3.8, 4) is 0 Å². The molecule has 25 heavy (non-hydrogen) atoms. The fourth-order valence-corrected chi connectivity index (χ4v) is 2.94. The van der Waals surface area contributed by atoms with Crippen molar-refractivity contribution in [3.05, 3.63) is 52.8 Å². The third kappa shape index (κ3) is 4.06.